The summed E-state index contributed by atoms with van der Waals surface area (Å²) in [5.41, 5.74) is -1.02. The van der Waals surface area contributed by atoms with Crippen LogP contribution in [0.3, 0.4) is 0 Å². The average molecular weight is 345 g/mol. The number of rotatable bonds is 1. The summed E-state index contributed by atoms with van der Waals surface area (Å²) in [6, 6.07) is 2.60. The van der Waals surface area contributed by atoms with Crippen LogP contribution in [0.4, 0.5) is 23.7 Å². The first-order valence-electron chi connectivity index (χ1n) is 7.82. The fourth-order valence-corrected chi connectivity index (χ4v) is 2.46. The van der Waals surface area contributed by atoms with E-state index in [9.17, 15) is 18.0 Å². The van der Waals surface area contributed by atoms with E-state index >= 15 is 0 Å². The van der Waals surface area contributed by atoms with E-state index in [2.05, 4.69) is 4.98 Å². The summed E-state index contributed by atoms with van der Waals surface area (Å²) >= 11 is 0. The molecule has 0 N–H and O–H groups in total. The zero-order valence-electron chi connectivity index (χ0n) is 14.1. The smallest absolute Gasteiger partial charge is 0.433 e. The zero-order chi connectivity index (χ0) is 18.0. The maximum absolute atomic E-state index is 12.8. The predicted octanol–water partition coefficient (Wildman–Crippen LogP) is 3.55. The van der Waals surface area contributed by atoms with Crippen LogP contribution in [0.2, 0.25) is 0 Å². The molecule has 1 saturated heterocycles. The number of halogens is 3. The predicted molar refractivity (Wildman–Crippen MR) is 83.9 cm³/mol. The highest BCUT2D eigenvalue weighted by Crippen LogP contribution is 2.30. The van der Waals surface area contributed by atoms with Crippen molar-refractivity contribution < 1.29 is 22.7 Å². The molecule has 0 spiro atoms. The largest absolute Gasteiger partial charge is 0.444 e. The van der Waals surface area contributed by atoms with E-state index in [4.69, 9.17) is 4.74 Å². The highest BCUT2D eigenvalue weighted by Gasteiger charge is 2.33. The molecule has 1 aliphatic heterocycles. The monoisotopic (exact) mass is 345 g/mol. The van der Waals surface area contributed by atoms with Crippen molar-refractivity contribution in [3.8, 4) is 0 Å². The van der Waals surface area contributed by atoms with Crippen molar-refractivity contribution >= 4 is 11.8 Å². The van der Waals surface area contributed by atoms with Gasteiger partial charge in [-0.1, -0.05) is 0 Å². The van der Waals surface area contributed by atoms with Crippen LogP contribution in [0, 0.1) is 0 Å². The van der Waals surface area contributed by atoms with Gasteiger partial charge in [0.2, 0.25) is 0 Å². The van der Waals surface area contributed by atoms with Gasteiger partial charge in [0.1, 0.15) is 11.3 Å². The molecule has 24 heavy (non-hydrogen) atoms. The number of hydrogen-bond acceptors (Lipinski definition) is 4. The Balaban J connectivity index is 2.05. The molecule has 0 aliphatic carbocycles. The lowest BCUT2D eigenvalue weighted by Gasteiger charge is -2.27. The lowest BCUT2D eigenvalue weighted by Crippen LogP contribution is -2.39. The fourth-order valence-electron chi connectivity index (χ4n) is 2.46. The Kier molecular flexibility index (Phi) is 5.25. The molecule has 1 aliphatic rings. The molecular weight excluding hydrogens is 323 g/mol. The van der Waals surface area contributed by atoms with Gasteiger partial charge < -0.3 is 14.5 Å². The van der Waals surface area contributed by atoms with E-state index in [1.165, 1.54) is 0 Å². The Morgan fingerprint density at radius 2 is 1.88 bits per heavy atom. The highest BCUT2D eigenvalue weighted by molar-refractivity contribution is 5.68. The molecule has 0 bridgehead atoms. The van der Waals surface area contributed by atoms with Gasteiger partial charge >= 0.3 is 12.3 Å². The molecule has 2 heterocycles. The number of nitrogens with zero attached hydrogens (tertiary/aromatic N) is 3. The number of carbonyl (C=O) groups is 1. The molecule has 1 aromatic heterocycles. The van der Waals surface area contributed by atoms with Crippen LogP contribution in [-0.2, 0) is 10.9 Å². The summed E-state index contributed by atoms with van der Waals surface area (Å²) in [7, 11) is 0. The van der Waals surface area contributed by atoms with E-state index in [0.717, 1.165) is 12.3 Å². The molecule has 1 aromatic rings. The molecular formula is C16H22F3N3O2. The van der Waals surface area contributed by atoms with Crippen LogP contribution in [-0.4, -0.2) is 47.8 Å². The Bertz CT molecular complexity index is 585. The van der Waals surface area contributed by atoms with Crippen molar-refractivity contribution in [2.75, 3.05) is 31.1 Å². The Labute approximate surface area is 139 Å². The van der Waals surface area contributed by atoms with Crippen molar-refractivity contribution in [3.63, 3.8) is 0 Å². The van der Waals surface area contributed by atoms with E-state index in [0.29, 0.717) is 38.3 Å². The molecule has 5 nitrogen and oxygen atoms in total. The van der Waals surface area contributed by atoms with E-state index < -0.39 is 23.6 Å². The Hall–Kier alpha value is -1.99. The maximum Gasteiger partial charge on any atom is 0.433 e. The van der Waals surface area contributed by atoms with Gasteiger partial charge in [0.25, 0.3) is 0 Å². The van der Waals surface area contributed by atoms with Gasteiger partial charge in [0.05, 0.1) is 0 Å². The lowest BCUT2D eigenvalue weighted by molar-refractivity contribution is -0.141. The van der Waals surface area contributed by atoms with Gasteiger partial charge in [0, 0.05) is 38.1 Å². The van der Waals surface area contributed by atoms with Crippen LogP contribution >= 0.6 is 0 Å². The van der Waals surface area contributed by atoms with Gasteiger partial charge in [-0.25, -0.2) is 4.79 Å². The second kappa shape index (κ2) is 6.86. The number of ether oxygens (including phenoxy) is 1. The molecule has 2 rings (SSSR count). The summed E-state index contributed by atoms with van der Waals surface area (Å²) in [6.07, 6.45) is -3.04. The summed E-state index contributed by atoms with van der Waals surface area (Å²) < 4.78 is 43.7. The number of amides is 1. The Morgan fingerprint density at radius 1 is 1.17 bits per heavy atom. The molecule has 0 atom stereocenters. The van der Waals surface area contributed by atoms with Crippen molar-refractivity contribution in [1.82, 2.24) is 9.88 Å². The highest BCUT2D eigenvalue weighted by atomic mass is 19.4. The third-order valence-electron chi connectivity index (χ3n) is 3.55. The fraction of sp³-hybridized carbons (Fsp3) is 0.625. The van der Waals surface area contributed by atoms with Crippen LogP contribution in [0.25, 0.3) is 0 Å². The molecule has 0 saturated carbocycles. The van der Waals surface area contributed by atoms with Crippen LogP contribution < -0.4 is 4.90 Å². The van der Waals surface area contributed by atoms with Crippen molar-refractivity contribution in [1.29, 1.82) is 0 Å². The summed E-state index contributed by atoms with van der Waals surface area (Å²) in [5.74, 6) is 0. The van der Waals surface area contributed by atoms with Gasteiger partial charge in [-0.2, -0.15) is 13.2 Å². The third-order valence-corrected chi connectivity index (χ3v) is 3.55. The molecule has 1 fully saturated rings. The first kappa shape index (κ1) is 18.4. The first-order chi connectivity index (χ1) is 11.1. The molecule has 8 heteroatoms. The number of pyridine rings is 1. The minimum Gasteiger partial charge on any atom is -0.444 e. The minimum absolute atomic E-state index is 0.393. The van der Waals surface area contributed by atoms with Crippen molar-refractivity contribution in [2.24, 2.45) is 0 Å². The number of carbonyl (C=O) groups excluding carboxylic acids is 1. The third kappa shape index (κ3) is 5.01. The second-order valence-electron chi connectivity index (χ2n) is 6.71. The maximum atomic E-state index is 12.8. The van der Waals surface area contributed by atoms with Crippen LogP contribution in [0.15, 0.2) is 18.3 Å². The van der Waals surface area contributed by atoms with E-state index in [1.54, 1.807) is 31.7 Å². The molecule has 0 radical (unpaired) electrons. The quantitative estimate of drug-likeness (QED) is 0.781. The number of anilines is 1. The molecule has 134 valence electrons. The normalized spacial score (nSPS) is 16.8. The SMILES string of the molecule is CC(C)(C)OC(=O)N1CCCN(c2ccnc(C(F)(F)F)c2)CC1. The molecule has 1 amide bonds. The van der Waals surface area contributed by atoms with Gasteiger partial charge in [-0.15, -0.1) is 0 Å². The summed E-state index contributed by atoms with van der Waals surface area (Å²) in [6.45, 7) is 7.32. The van der Waals surface area contributed by atoms with Crippen LogP contribution in [0.1, 0.15) is 32.9 Å². The zero-order valence-corrected chi connectivity index (χ0v) is 14.1. The van der Waals surface area contributed by atoms with E-state index in [1.807, 2.05) is 4.90 Å². The molecule has 0 aromatic carbocycles. The summed E-state index contributed by atoms with van der Waals surface area (Å²) in [4.78, 5) is 18.9. The van der Waals surface area contributed by atoms with E-state index in [-0.39, 0.29) is 0 Å². The van der Waals surface area contributed by atoms with Gasteiger partial charge in [-0.3, -0.25) is 4.98 Å². The topological polar surface area (TPSA) is 45.7 Å². The minimum atomic E-state index is -4.47. The average Bonchev–Trinajstić information content (AvgIpc) is 2.70. The number of hydrogen-bond donors (Lipinski definition) is 0. The van der Waals surface area contributed by atoms with Crippen molar-refractivity contribution in [3.05, 3.63) is 24.0 Å². The van der Waals surface area contributed by atoms with Gasteiger partial charge in [0.15, 0.2) is 0 Å². The molecule has 0 unspecified atom stereocenters. The number of aromatic nitrogens is 1. The Morgan fingerprint density at radius 3 is 2.50 bits per heavy atom. The van der Waals surface area contributed by atoms with Crippen LogP contribution in [0.5, 0.6) is 0 Å². The van der Waals surface area contributed by atoms with Gasteiger partial charge in [-0.05, 0) is 39.3 Å². The van der Waals surface area contributed by atoms with Crippen molar-refractivity contribution in [2.45, 2.75) is 39.0 Å². The lowest BCUT2D eigenvalue weighted by atomic mass is 10.2. The second-order valence-corrected chi connectivity index (χ2v) is 6.71. The number of alkyl halides is 3. The standard InChI is InChI=1S/C16H22F3N3O2/c1-15(2,3)24-14(23)22-8-4-7-21(9-10-22)12-5-6-20-13(11-12)16(17,18)19/h5-6,11H,4,7-10H2,1-3H3. The first-order valence-corrected chi connectivity index (χ1v) is 7.82. The summed E-state index contributed by atoms with van der Waals surface area (Å²) in [5, 5.41) is 0.